The fraction of sp³-hybridized carbons (Fsp3) is 0.167. The molecule has 2 N–H and O–H groups in total. The Morgan fingerprint density at radius 2 is 2.00 bits per heavy atom. The maximum absolute atomic E-state index is 11.8. The number of aromatic nitrogens is 2. The van der Waals surface area contributed by atoms with E-state index in [1.165, 1.54) is 29.2 Å². The molecule has 2 rings (SSSR count). The first-order valence-corrected chi connectivity index (χ1v) is 7.29. The van der Waals surface area contributed by atoms with Crippen molar-refractivity contribution in [2.75, 3.05) is 6.54 Å². The minimum absolute atomic E-state index is 0.0747. The lowest BCUT2D eigenvalue weighted by Crippen LogP contribution is -2.23. The SMILES string of the molecule is CCNS(=O)(=O)c1ccc(-n2cnc(C(=O)O)c2)cc1. The number of imidazole rings is 1. The fourth-order valence-corrected chi connectivity index (χ4v) is 2.69. The Morgan fingerprint density at radius 1 is 1.35 bits per heavy atom. The van der Waals surface area contributed by atoms with E-state index in [1.807, 2.05) is 0 Å². The Morgan fingerprint density at radius 3 is 2.50 bits per heavy atom. The minimum atomic E-state index is -3.49. The van der Waals surface area contributed by atoms with Gasteiger partial charge in [-0.2, -0.15) is 0 Å². The fourth-order valence-electron chi connectivity index (χ4n) is 1.65. The van der Waals surface area contributed by atoms with Crippen molar-refractivity contribution in [2.45, 2.75) is 11.8 Å². The van der Waals surface area contributed by atoms with Gasteiger partial charge in [-0.1, -0.05) is 6.92 Å². The number of nitrogens with zero attached hydrogens (tertiary/aromatic N) is 2. The zero-order valence-corrected chi connectivity index (χ0v) is 11.5. The summed E-state index contributed by atoms with van der Waals surface area (Å²) in [6, 6.07) is 6.07. The lowest BCUT2D eigenvalue weighted by atomic mass is 10.3. The predicted molar refractivity (Wildman–Crippen MR) is 71.4 cm³/mol. The number of sulfonamides is 1. The van der Waals surface area contributed by atoms with Gasteiger partial charge in [-0.25, -0.2) is 22.9 Å². The number of rotatable bonds is 5. The Balaban J connectivity index is 2.30. The standard InChI is InChI=1S/C12H13N3O4S/c1-2-14-20(18,19)10-5-3-9(4-6-10)15-7-11(12(16)17)13-8-15/h3-8,14H,2H2,1H3,(H,16,17). The van der Waals surface area contributed by atoms with E-state index in [0.717, 1.165) is 0 Å². The molecule has 0 radical (unpaired) electrons. The summed E-state index contributed by atoms with van der Waals surface area (Å²) in [6.45, 7) is 2.01. The smallest absolute Gasteiger partial charge is 0.356 e. The molecule has 0 aliphatic carbocycles. The van der Waals surface area contributed by atoms with Crippen LogP contribution in [0, 0.1) is 0 Å². The summed E-state index contributed by atoms with van der Waals surface area (Å²) >= 11 is 0. The normalized spacial score (nSPS) is 11.4. The number of benzene rings is 1. The Kier molecular flexibility index (Phi) is 3.86. The third-order valence-electron chi connectivity index (χ3n) is 2.58. The van der Waals surface area contributed by atoms with Crippen LogP contribution in [-0.4, -0.2) is 35.6 Å². The van der Waals surface area contributed by atoms with Gasteiger partial charge in [0, 0.05) is 18.4 Å². The largest absolute Gasteiger partial charge is 0.476 e. The quantitative estimate of drug-likeness (QED) is 0.852. The molecule has 0 saturated heterocycles. The summed E-state index contributed by atoms with van der Waals surface area (Å²) in [5.41, 5.74) is 0.551. The topological polar surface area (TPSA) is 101 Å². The Bertz CT molecular complexity index is 719. The van der Waals surface area contributed by atoms with Crippen LogP contribution in [0.5, 0.6) is 0 Å². The summed E-state index contributed by atoms with van der Waals surface area (Å²) in [4.78, 5) is 14.6. The molecule has 0 spiro atoms. The number of carboxylic acids is 1. The molecule has 0 amide bonds. The molecule has 0 unspecified atom stereocenters. The van der Waals surface area contributed by atoms with Crippen LogP contribution in [0.25, 0.3) is 5.69 Å². The third-order valence-corrected chi connectivity index (χ3v) is 4.14. The summed E-state index contributed by atoms with van der Waals surface area (Å²) in [5, 5.41) is 8.79. The molecule has 1 aromatic carbocycles. The molecule has 0 fully saturated rings. The van der Waals surface area contributed by atoms with Gasteiger partial charge in [0.2, 0.25) is 10.0 Å². The molecule has 0 saturated carbocycles. The second kappa shape index (κ2) is 5.43. The van der Waals surface area contributed by atoms with E-state index in [0.29, 0.717) is 12.2 Å². The van der Waals surface area contributed by atoms with Gasteiger partial charge < -0.3 is 9.67 Å². The first-order valence-electron chi connectivity index (χ1n) is 5.81. The van der Waals surface area contributed by atoms with Crippen molar-refractivity contribution >= 4 is 16.0 Å². The molecule has 8 heteroatoms. The van der Waals surface area contributed by atoms with Crippen LogP contribution >= 0.6 is 0 Å². The number of carbonyl (C=O) groups is 1. The molecule has 7 nitrogen and oxygen atoms in total. The van der Waals surface area contributed by atoms with Gasteiger partial charge in [0.05, 0.1) is 4.90 Å². The molecule has 1 heterocycles. The van der Waals surface area contributed by atoms with E-state index in [1.54, 1.807) is 19.1 Å². The Hall–Kier alpha value is -2.19. The lowest BCUT2D eigenvalue weighted by molar-refractivity contribution is 0.0691. The molecule has 106 valence electrons. The molecule has 0 aliphatic rings. The number of nitrogens with one attached hydrogen (secondary N) is 1. The minimum Gasteiger partial charge on any atom is -0.476 e. The second-order valence-corrected chi connectivity index (χ2v) is 5.73. The van der Waals surface area contributed by atoms with E-state index in [4.69, 9.17) is 5.11 Å². The van der Waals surface area contributed by atoms with Crippen molar-refractivity contribution in [3.8, 4) is 5.69 Å². The third kappa shape index (κ3) is 2.86. The van der Waals surface area contributed by atoms with Gasteiger partial charge in [0.1, 0.15) is 6.33 Å². The van der Waals surface area contributed by atoms with E-state index >= 15 is 0 Å². The number of carboxylic acid groups (broad SMARTS) is 1. The maximum Gasteiger partial charge on any atom is 0.356 e. The predicted octanol–water partition coefficient (Wildman–Crippen LogP) is 0.869. The summed E-state index contributed by atoms with van der Waals surface area (Å²) in [7, 11) is -3.49. The van der Waals surface area contributed by atoms with Crippen molar-refractivity contribution < 1.29 is 18.3 Å². The average Bonchev–Trinajstić information content (AvgIpc) is 2.88. The van der Waals surface area contributed by atoms with Crippen LogP contribution in [0.3, 0.4) is 0 Å². The molecule has 2 aromatic rings. The van der Waals surface area contributed by atoms with Crippen LogP contribution < -0.4 is 4.72 Å². The van der Waals surface area contributed by atoms with E-state index in [2.05, 4.69) is 9.71 Å². The van der Waals surface area contributed by atoms with Gasteiger partial charge >= 0.3 is 5.97 Å². The molecule has 0 aliphatic heterocycles. The first-order chi connectivity index (χ1) is 9.44. The highest BCUT2D eigenvalue weighted by molar-refractivity contribution is 7.89. The van der Waals surface area contributed by atoms with Crippen LogP contribution in [-0.2, 0) is 10.0 Å². The average molecular weight is 295 g/mol. The number of hydrogen-bond donors (Lipinski definition) is 2. The zero-order valence-electron chi connectivity index (χ0n) is 10.6. The molecule has 0 bridgehead atoms. The molecule has 20 heavy (non-hydrogen) atoms. The van der Waals surface area contributed by atoms with Gasteiger partial charge in [0.25, 0.3) is 0 Å². The summed E-state index contributed by atoms with van der Waals surface area (Å²) < 4.78 is 27.4. The Labute approximate surface area is 115 Å². The first kappa shape index (κ1) is 14.2. The van der Waals surface area contributed by atoms with E-state index in [9.17, 15) is 13.2 Å². The molecular formula is C12H13N3O4S. The van der Waals surface area contributed by atoms with E-state index in [-0.39, 0.29) is 10.6 Å². The van der Waals surface area contributed by atoms with Gasteiger partial charge in [-0.3, -0.25) is 0 Å². The van der Waals surface area contributed by atoms with Crippen LogP contribution in [0.1, 0.15) is 17.4 Å². The molecule has 1 aromatic heterocycles. The van der Waals surface area contributed by atoms with Gasteiger partial charge in [-0.05, 0) is 24.3 Å². The van der Waals surface area contributed by atoms with Crippen molar-refractivity contribution in [1.82, 2.24) is 14.3 Å². The monoisotopic (exact) mass is 295 g/mol. The van der Waals surface area contributed by atoms with Crippen molar-refractivity contribution in [2.24, 2.45) is 0 Å². The highest BCUT2D eigenvalue weighted by Gasteiger charge is 2.13. The highest BCUT2D eigenvalue weighted by atomic mass is 32.2. The van der Waals surface area contributed by atoms with Gasteiger partial charge in [0.15, 0.2) is 5.69 Å². The molecular weight excluding hydrogens is 282 g/mol. The number of aromatic carboxylic acids is 1. The van der Waals surface area contributed by atoms with Crippen molar-refractivity contribution in [3.63, 3.8) is 0 Å². The second-order valence-electron chi connectivity index (χ2n) is 3.97. The summed E-state index contributed by atoms with van der Waals surface area (Å²) in [5.74, 6) is -1.12. The van der Waals surface area contributed by atoms with Crippen LogP contribution in [0.4, 0.5) is 0 Å². The number of hydrogen-bond acceptors (Lipinski definition) is 4. The molecule has 0 atom stereocenters. The van der Waals surface area contributed by atoms with Crippen molar-refractivity contribution in [3.05, 3.63) is 42.5 Å². The maximum atomic E-state index is 11.8. The zero-order chi connectivity index (χ0) is 14.8. The highest BCUT2D eigenvalue weighted by Crippen LogP contribution is 2.14. The summed E-state index contributed by atoms with van der Waals surface area (Å²) in [6.07, 6.45) is 2.72. The van der Waals surface area contributed by atoms with Gasteiger partial charge in [-0.15, -0.1) is 0 Å². The lowest BCUT2D eigenvalue weighted by Gasteiger charge is -2.06. The van der Waals surface area contributed by atoms with Crippen LogP contribution in [0.15, 0.2) is 41.7 Å². The van der Waals surface area contributed by atoms with Crippen molar-refractivity contribution in [1.29, 1.82) is 0 Å². The van der Waals surface area contributed by atoms with Crippen LogP contribution in [0.2, 0.25) is 0 Å². The van der Waals surface area contributed by atoms with E-state index < -0.39 is 16.0 Å².